The first-order valence-corrected chi connectivity index (χ1v) is 9.45. The van der Waals surface area contributed by atoms with E-state index in [1.807, 2.05) is 6.07 Å². The molecule has 1 aromatic rings. The topological polar surface area (TPSA) is 70.1 Å². The maximum atomic E-state index is 13.2. The Balaban J connectivity index is 1.90. The molecule has 2 aliphatic rings. The molecule has 2 aliphatic heterocycles. The van der Waals surface area contributed by atoms with Crippen LogP contribution in [-0.2, 0) is 9.53 Å². The van der Waals surface area contributed by atoms with Gasteiger partial charge in [-0.25, -0.2) is 4.79 Å². The van der Waals surface area contributed by atoms with Gasteiger partial charge in [-0.15, -0.1) is 0 Å². The molecule has 1 aromatic carbocycles. The largest absolute Gasteiger partial charge is 0.480 e. The lowest BCUT2D eigenvalue weighted by molar-refractivity contribution is -0.143. The van der Waals surface area contributed by atoms with Gasteiger partial charge in [-0.3, -0.25) is 9.69 Å². The van der Waals surface area contributed by atoms with Crippen molar-refractivity contribution >= 4 is 27.8 Å². The summed E-state index contributed by atoms with van der Waals surface area (Å²) in [6.07, 6.45) is 2.34. The second kappa shape index (κ2) is 7.43. The van der Waals surface area contributed by atoms with Crippen LogP contribution in [0.5, 0.6) is 0 Å². The molecule has 1 N–H and O–H groups in total. The highest BCUT2D eigenvalue weighted by Gasteiger charge is 2.54. The average Bonchev–Trinajstić information content (AvgIpc) is 2.96. The number of hydrogen-bond acceptors (Lipinski definition) is 4. The first kappa shape index (κ1) is 18.4. The lowest BCUT2D eigenvalue weighted by Crippen LogP contribution is -2.58. The number of carbonyl (C=O) groups is 2. The van der Waals surface area contributed by atoms with E-state index in [0.29, 0.717) is 22.9 Å². The smallest absolute Gasteiger partial charge is 0.328 e. The lowest BCUT2D eigenvalue weighted by atomic mass is 9.96. The number of aliphatic carboxylic acids is 1. The number of rotatable bonds is 4. The Hall–Kier alpha value is -1.44. The van der Waals surface area contributed by atoms with Gasteiger partial charge in [0.2, 0.25) is 0 Å². The second-order valence-electron chi connectivity index (χ2n) is 6.61. The first-order valence-electron chi connectivity index (χ1n) is 8.66. The van der Waals surface area contributed by atoms with E-state index in [2.05, 4.69) is 27.8 Å². The van der Waals surface area contributed by atoms with Crippen molar-refractivity contribution in [1.82, 2.24) is 9.80 Å². The zero-order valence-corrected chi connectivity index (χ0v) is 15.9. The van der Waals surface area contributed by atoms with Gasteiger partial charge in [0.25, 0.3) is 5.91 Å². The van der Waals surface area contributed by atoms with Crippen LogP contribution in [-0.4, -0.2) is 64.8 Å². The van der Waals surface area contributed by atoms with Gasteiger partial charge < -0.3 is 14.7 Å². The van der Waals surface area contributed by atoms with Gasteiger partial charge >= 0.3 is 5.97 Å². The van der Waals surface area contributed by atoms with Gasteiger partial charge in [0.05, 0.1) is 12.2 Å². The predicted molar refractivity (Wildman–Crippen MR) is 96.4 cm³/mol. The molecule has 1 spiro atoms. The number of hydrogen-bond donors (Lipinski definition) is 1. The summed E-state index contributed by atoms with van der Waals surface area (Å²) in [5.74, 6) is -1.31. The lowest BCUT2D eigenvalue weighted by Gasteiger charge is -2.44. The summed E-state index contributed by atoms with van der Waals surface area (Å²) >= 11 is 3.40. The number of ether oxygens (including phenoxy) is 1. The fraction of sp³-hybridized carbons (Fsp3) is 0.556. The average molecular weight is 411 g/mol. The third-order valence-electron chi connectivity index (χ3n) is 5.05. The van der Waals surface area contributed by atoms with Crippen molar-refractivity contribution in [1.29, 1.82) is 0 Å². The maximum Gasteiger partial charge on any atom is 0.328 e. The highest BCUT2D eigenvalue weighted by atomic mass is 79.9. The second-order valence-corrected chi connectivity index (χ2v) is 7.46. The van der Waals surface area contributed by atoms with Gasteiger partial charge in [0, 0.05) is 30.4 Å². The minimum absolute atomic E-state index is 0.0410. The summed E-state index contributed by atoms with van der Waals surface area (Å²) in [6.45, 7) is 4.80. The molecule has 3 rings (SSSR count). The van der Waals surface area contributed by atoms with E-state index in [1.165, 1.54) is 4.90 Å². The van der Waals surface area contributed by atoms with E-state index in [1.54, 1.807) is 18.2 Å². The number of carboxylic acids is 1. The fourth-order valence-electron chi connectivity index (χ4n) is 3.76. The van der Waals surface area contributed by atoms with Crippen LogP contribution >= 0.6 is 15.9 Å². The highest BCUT2D eigenvalue weighted by Crippen LogP contribution is 2.39. The van der Waals surface area contributed by atoms with Gasteiger partial charge in [-0.2, -0.15) is 0 Å². The third-order valence-corrected chi connectivity index (χ3v) is 5.74. The molecule has 2 saturated heterocycles. The normalized spacial score (nSPS) is 23.1. The van der Waals surface area contributed by atoms with Crippen LogP contribution in [0.15, 0.2) is 28.7 Å². The summed E-state index contributed by atoms with van der Waals surface area (Å²) in [5.41, 5.74) is -0.353. The molecule has 1 atom stereocenters. The molecule has 7 heteroatoms. The van der Waals surface area contributed by atoms with Crippen LogP contribution in [0.3, 0.4) is 0 Å². The molecule has 2 fully saturated rings. The number of piperidine rings is 1. The summed E-state index contributed by atoms with van der Waals surface area (Å²) in [5, 5.41) is 9.60. The van der Waals surface area contributed by atoms with Crippen molar-refractivity contribution in [2.75, 3.05) is 26.2 Å². The summed E-state index contributed by atoms with van der Waals surface area (Å²) in [6, 6.07) is 6.16. The van der Waals surface area contributed by atoms with Gasteiger partial charge in [-0.1, -0.05) is 19.1 Å². The Kier molecular flexibility index (Phi) is 5.46. The summed E-state index contributed by atoms with van der Waals surface area (Å²) < 4.78 is 6.62. The summed E-state index contributed by atoms with van der Waals surface area (Å²) in [4.78, 5) is 28.7. The Morgan fingerprint density at radius 3 is 2.60 bits per heavy atom. The van der Waals surface area contributed by atoms with Crippen LogP contribution in [0, 0.1) is 0 Å². The van der Waals surface area contributed by atoms with Crippen LogP contribution in [0.4, 0.5) is 0 Å². The van der Waals surface area contributed by atoms with Gasteiger partial charge in [-0.05, 0) is 41.0 Å². The monoisotopic (exact) mass is 410 g/mol. The van der Waals surface area contributed by atoms with E-state index in [9.17, 15) is 14.7 Å². The van der Waals surface area contributed by atoms with Gasteiger partial charge in [0.15, 0.2) is 6.04 Å². The molecular weight excluding hydrogens is 388 g/mol. The molecule has 0 bridgehead atoms. The molecule has 6 nitrogen and oxygen atoms in total. The maximum absolute atomic E-state index is 13.2. The van der Waals surface area contributed by atoms with Gasteiger partial charge in [0.1, 0.15) is 5.72 Å². The van der Waals surface area contributed by atoms with Crippen LogP contribution in [0.1, 0.15) is 36.5 Å². The number of halogens is 1. The first-order chi connectivity index (χ1) is 12.0. The SMILES string of the molecule is CCCN1CCC2(CC1)OC[C@H](C(=O)O)N2C(=O)c1ccccc1Br. The molecule has 0 saturated carbocycles. The molecule has 25 heavy (non-hydrogen) atoms. The highest BCUT2D eigenvalue weighted by molar-refractivity contribution is 9.10. The Bertz CT molecular complexity index is 658. The van der Waals surface area contributed by atoms with E-state index < -0.39 is 17.7 Å². The zero-order valence-electron chi connectivity index (χ0n) is 14.3. The Morgan fingerprint density at radius 2 is 2.00 bits per heavy atom. The number of amides is 1. The van der Waals surface area contributed by atoms with Crippen molar-refractivity contribution in [2.24, 2.45) is 0 Å². The Morgan fingerprint density at radius 1 is 1.32 bits per heavy atom. The van der Waals surface area contributed by atoms with Crippen LogP contribution in [0.25, 0.3) is 0 Å². The molecule has 0 radical (unpaired) electrons. The number of likely N-dealkylation sites (tertiary alicyclic amines) is 1. The Labute approximate surface area is 155 Å². The number of nitrogens with zero attached hydrogens (tertiary/aromatic N) is 2. The molecule has 0 aliphatic carbocycles. The van der Waals surface area contributed by atoms with Crippen LogP contribution < -0.4 is 0 Å². The third kappa shape index (κ3) is 3.45. The van der Waals surface area contributed by atoms with E-state index >= 15 is 0 Å². The van der Waals surface area contributed by atoms with E-state index in [4.69, 9.17) is 4.74 Å². The number of benzene rings is 1. The number of carbonyl (C=O) groups excluding carboxylic acids is 1. The predicted octanol–water partition coefficient (Wildman–Crippen LogP) is 2.58. The molecule has 136 valence electrons. The zero-order chi connectivity index (χ0) is 18.0. The summed E-state index contributed by atoms with van der Waals surface area (Å²) in [7, 11) is 0. The van der Waals surface area contributed by atoms with Crippen molar-refractivity contribution in [3.05, 3.63) is 34.3 Å². The standard InChI is InChI=1S/C18H23BrN2O4/c1-2-9-20-10-7-18(8-11-20)21(15(12-25-18)17(23)24)16(22)13-5-3-4-6-14(13)19/h3-6,15H,2,7-12H2,1H3,(H,23,24)/t15-/m1/s1. The van der Waals surface area contributed by atoms with Crippen molar-refractivity contribution in [2.45, 2.75) is 38.0 Å². The van der Waals surface area contributed by atoms with Crippen molar-refractivity contribution in [3.63, 3.8) is 0 Å². The van der Waals surface area contributed by atoms with Crippen LogP contribution in [0.2, 0.25) is 0 Å². The number of carboxylic acid groups (broad SMARTS) is 1. The molecule has 0 aromatic heterocycles. The van der Waals surface area contributed by atoms with Crippen molar-refractivity contribution < 1.29 is 19.4 Å². The quantitative estimate of drug-likeness (QED) is 0.825. The fourth-order valence-corrected chi connectivity index (χ4v) is 4.22. The minimum Gasteiger partial charge on any atom is -0.480 e. The van der Waals surface area contributed by atoms with Crippen molar-refractivity contribution in [3.8, 4) is 0 Å². The molecule has 1 amide bonds. The van der Waals surface area contributed by atoms with E-state index in [0.717, 1.165) is 26.1 Å². The molecule has 0 unspecified atom stereocenters. The minimum atomic E-state index is -1.02. The molecule has 2 heterocycles. The molecular formula is C18H23BrN2O4. The van der Waals surface area contributed by atoms with E-state index in [-0.39, 0.29) is 12.5 Å².